The van der Waals surface area contributed by atoms with Gasteiger partial charge in [-0.25, -0.2) is 12.9 Å². The Labute approximate surface area is 132 Å². The summed E-state index contributed by atoms with van der Waals surface area (Å²) in [6, 6.07) is 0. The zero-order chi connectivity index (χ0) is 16.2. The number of ether oxygens (including phenoxy) is 1. The molecule has 0 spiro atoms. The molecule has 0 atom stereocenters. The van der Waals surface area contributed by atoms with E-state index in [4.69, 9.17) is 4.74 Å². The van der Waals surface area contributed by atoms with Crippen LogP contribution in [0.25, 0.3) is 4.96 Å². The normalized spacial score (nSPS) is 11.9. The first-order valence-electron chi connectivity index (χ1n) is 7.15. The molecule has 0 aliphatic carbocycles. The van der Waals surface area contributed by atoms with E-state index >= 15 is 0 Å². The van der Waals surface area contributed by atoms with Gasteiger partial charge in [0.05, 0.1) is 19.1 Å². The van der Waals surface area contributed by atoms with Gasteiger partial charge in [0.15, 0.2) is 0 Å². The molecule has 0 N–H and O–H groups in total. The average Bonchev–Trinajstić information content (AvgIpc) is 2.89. The van der Waals surface area contributed by atoms with Crippen LogP contribution >= 0.6 is 11.3 Å². The zero-order valence-electron chi connectivity index (χ0n) is 12.6. The third kappa shape index (κ3) is 3.83. The first kappa shape index (κ1) is 16.9. The minimum atomic E-state index is -3.44. The van der Waals surface area contributed by atoms with Crippen LogP contribution < -0.4 is 10.3 Å². The fraction of sp³-hybridized carbons (Fsp3) is 0.615. The van der Waals surface area contributed by atoms with Gasteiger partial charge >= 0.3 is 5.56 Å². The first-order valence-corrected chi connectivity index (χ1v) is 9.62. The summed E-state index contributed by atoms with van der Waals surface area (Å²) >= 11 is 0.903. The van der Waals surface area contributed by atoms with Gasteiger partial charge < -0.3 is 4.74 Å². The van der Waals surface area contributed by atoms with E-state index in [-0.39, 0.29) is 20.8 Å². The van der Waals surface area contributed by atoms with Gasteiger partial charge in [-0.3, -0.25) is 4.79 Å². The third-order valence-electron chi connectivity index (χ3n) is 3.21. The monoisotopic (exact) mass is 345 g/mol. The number of aromatic nitrogens is 3. The van der Waals surface area contributed by atoms with Crippen LogP contribution in [0.5, 0.6) is 5.75 Å². The summed E-state index contributed by atoms with van der Waals surface area (Å²) in [5.74, 6) is 0.102. The van der Waals surface area contributed by atoms with E-state index in [0.717, 1.165) is 37.0 Å². The highest BCUT2D eigenvalue weighted by Crippen LogP contribution is 2.20. The van der Waals surface area contributed by atoms with Crippen molar-refractivity contribution in [1.29, 1.82) is 0 Å². The molecule has 9 heteroatoms. The Morgan fingerprint density at radius 1 is 1.27 bits per heavy atom. The van der Waals surface area contributed by atoms with Crippen molar-refractivity contribution >= 4 is 26.1 Å². The molecule has 0 saturated heterocycles. The highest BCUT2D eigenvalue weighted by atomic mass is 32.2. The molecule has 0 amide bonds. The number of nitrogens with zero attached hydrogens (tertiary/aromatic N) is 3. The van der Waals surface area contributed by atoms with E-state index < -0.39 is 15.4 Å². The molecule has 0 unspecified atom stereocenters. The quantitative estimate of drug-likeness (QED) is 0.679. The van der Waals surface area contributed by atoms with Crippen LogP contribution in [-0.4, -0.2) is 35.9 Å². The molecule has 22 heavy (non-hydrogen) atoms. The Morgan fingerprint density at radius 3 is 2.68 bits per heavy atom. The third-order valence-corrected chi connectivity index (χ3v) is 6.38. The Bertz CT molecular complexity index is 795. The van der Waals surface area contributed by atoms with Gasteiger partial charge in [-0.05, 0) is 6.42 Å². The molecular formula is C13H19N3O4S2. The van der Waals surface area contributed by atoms with Crippen LogP contribution in [0.3, 0.4) is 0 Å². The van der Waals surface area contributed by atoms with Gasteiger partial charge in [0.2, 0.25) is 24.9 Å². The molecule has 0 aliphatic heterocycles. The van der Waals surface area contributed by atoms with Crippen LogP contribution in [0.2, 0.25) is 0 Å². The van der Waals surface area contributed by atoms with Crippen LogP contribution in [0.1, 0.15) is 39.0 Å². The second kappa shape index (κ2) is 7.19. The van der Waals surface area contributed by atoms with Crippen molar-refractivity contribution in [2.45, 2.75) is 43.4 Å². The summed E-state index contributed by atoms with van der Waals surface area (Å²) in [5, 5.41) is 4.02. The molecule has 0 fully saturated rings. The summed E-state index contributed by atoms with van der Waals surface area (Å²) in [5.41, 5.74) is -0.533. The Morgan fingerprint density at radius 2 is 2.00 bits per heavy atom. The van der Waals surface area contributed by atoms with Gasteiger partial charge in [-0.15, -0.1) is 5.10 Å². The number of fused-ring (bicyclic) bond motifs is 1. The maximum Gasteiger partial charge on any atom is 0.316 e. The van der Waals surface area contributed by atoms with E-state index in [2.05, 4.69) is 17.0 Å². The molecule has 2 heterocycles. The standard InChI is InChI=1S/C13H19N3O4S2/c1-3-4-5-6-7-8-22(18,19)13-15-16-9-10(20-2)11(17)14-12(16)21-13/h9H,3-8H2,1-2H3. The van der Waals surface area contributed by atoms with E-state index in [9.17, 15) is 13.2 Å². The van der Waals surface area contributed by atoms with E-state index in [1.54, 1.807) is 0 Å². The second-order valence-corrected chi connectivity index (χ2v) is 8.18. The van der Waals surface area contributed by atoms with E-state index in [0.29, 0.717) is 6.42 Å². The second-order valence-electron chi connectivity index (χ2n) is 4.94. The number of hydrogen-bond acceptors (Lipinski definition) is 7. The summed E-state index contributed by atoms with van der Waals surface area (Å²) in [6.07, 6.45) is 6.13. The maximum atomic E-state index is 12.3. The van der Waals surface area contributed by atoms with Gasteiger partial charge in [-0.1, -0.05) is 43.9 Å². The van der Waals surface area contributed by atoms with Crippen LogP contribution in [-0.2, 0) is 9.84 Å². The maximum absolute atomic E-state index is 12.3. The number of sulfone groups is 1. The molecule has 7 nitrogen and oxygen atoms in total. The number of methoxy groups -OCH3 is 1. The predicted molar refractivity (Wildman–Crippen MR) is 84.5 cm³/mol. The van der Waals surface area contributed by atoms with E-state index in [1.165, 1.54) is 17.8 Å². The summed E-state index contributed by atoms with van der Waals surface area (Å²) in [7, 11) is -2.09. The lowest BCUT2D eigenvalue weighted by Gasteiger charge is -2.00. The lowest BCUT2D eigenvalue weighted by atomic mass is 10.2. The molecular weight excluding hydrogens is 326 g/mol. The lowest BCUT2D eigenvalue weighted by Crippen LogP contribution is -2.11. The Hall–Kier alpha value is -1.48. The van der Waals surface area contributed by atoms with E-state index in [1.807, 2.05) is 0 Å². The lowest BCUT2D eigenvalue weighted by molar-refractivity contribution is 0.404. The Kier molecular flexibility index (Phi) is 5.52. The van der Waals surface area contributed by atoms with Crippen molar-refractivity contribution in [3.05, 3.63) is 16.6 Å². The Balaban J connectivity index is 2.17. The summed E-state index contributed by atoms with van der Waals surface area (Å²) in [6.45, 7) is 2.11. The first-order chi connectivity index (χ1) is 10.5. The fourth-order valence-electron chi connectivity index (χ4n) is 1.99. The molecule has 0 aliphatic rings. The highest BCUT2D eigenvalue weighted by Gasteiger charge is 2.20. The minimum Gasteiger partial charge on any atom is -0.490 e. The number of rotatable bonds is 8. The molecule has 2 aromatic rings. The van der Waals surface area contributed by atoms with Gasteiger partial charge in [0.1, 0.15) is 0 Å². The largest absolute Gasteiger partial charge is 0.490 e. The van der Waals surface area contributed by atoms with Crippen molar-refractivity contribution in [2.75, 3.05) is 12.9 Å². The van der Waals surface area contributed by atoms with Crippen molar-refractivity contribution < 1.29 is 13.2 Å². The molecule has 0 saturated carbocycles. The zero-order valence-corrected chi connectivity index (χ0v) is 14.2. The van der Waals surface area contributed by atoms with Gasteiger partial charge in [0, 0.05) is 0 Å². The molecule has 0 bridgehead atoms. The van der Waals surface area contributed by atoms with Crippen molar-refractivity contribution in [3.8, 4) is 5.75 Å². The van der Waals surface area contributed by atoms with Crippen LogP contribution in [0.15, 0.2) is 15.3 Å². The summed E-state index contributed by atoms with van der Waals surface area (Å²) in [4.78, 5) is 15.6. The van der Waals surface area contributed by atoms with Gasteiger partial charge in [-0.2, -0.15) is 4.98 Å². The minimum absolute atomic E-state index is 0.0110. The van der Waals surface area contributed by atoms with Crippen molar-refractivity contribution in [1.82, 2.24) is 14.6 Å². The van der Waals surface area contributed by atoms with Crippen LogP contribution in [0.4, 0.5) is 0 Å². The highest BCUT2D eigenvalue weighted by molar-refractivity contribution is 7.93. The molecule has 2 rings (SSSR count). The van der Waals surface area contributed by atoms with Crippen molar-refractivity contribution in [3.63, 3.8) is 0 Å². The van der Waals surface area contributed by atoms with Crippen LogP contribution in [0, 0.1) is 0 Å². The molecule has 0 radical (unpaired) electrons. The molecule has 122 valence electrons. The number of hydrogen-bond donors (Lipinski definition) is 0. The van der Waals surface area contributed by atoms with Gasteiger partial charge in [0.25, 0.3) is 0 Å². The summed E-state index contributed by atoms with van der Waals surface area (Å²) < 4.78 is 30.7. The molecule has 0 aromatic carbocycles. The topological polar surface area (TPSA) is 90.6 Å². The molecule has 2 aromatic heterocycles. The fourth-order valence-corrected chi connectivity index (χ4v) is 4.54. The van der Waals surface area contributed by atoms with Crippen molar-refractivity contribution in [2.24, 2.45) is 0 Å². The average molecular weight is 345 g/mol. The number of unbranched alkanes of at least 4 members (excludes halogenated alkanes) is 4. The smallest absolute Gasteiger partial charge is 0.316 e. The SMILES string of the molecule is CCCCCCCS(=O)(=O)c1nn2cc(OC)c(=O)nc2s1. The predicted octanol–water partition coefficient (Wildman–Crippen LogP) is 1.90.